The fourth-order valence-corrected chi connectivity index (χ4v) is 7.10. The van der Waals surface area contributed by atoms with E-state index in [1.807, 2.05) is 12.1 Å². The average Bonchev–Trinajstić information content (AvgIpc) is 3.06. The van der Waals surface area contributed by atoms with Crippen LogP contribution in [0.15, 0.2) is 36.4 Å². The first kappa shape index (κ1) is 21.8. The summed E-state index contributed by atoms with van der Waals surface area (Å²) in [6.07, 6.45) is 5.84. The molecule has 32 heavy (non-hydrogen) atoms. The Labute approximate surface area is 192 Å². The fourth-order valence-electron chi connectivity index (χ4n) is 7.10. The average molecular weight is 439 g/mol. The van der Waals surface area contributed by atoms with E-state index in [2.05, 4.69) is 42.4 Å². The number of fused-ring (bicyclic) bond motifs is 2. The Bertz CT molecular complexity index is 868. The largest absolute Gasteiger partial charge is 0.497 e. The molecule has 2 saturated heterocycles. The van der Waals surface area contributed by atoms with Crippen molar-refractivity contribution in [3.63, 3.8) is 0 Å². The minimum atomic E-state index is 0.0130. The minimum Gasteiger partial charge on any atom is -0.497 e. The number of hydrogen-bond donors (Lipinski definition) is 0. The van der Waals surface area contributed by atoms with Gasteiger partial charge in [0.2, 0.25) is 0 Å². The Morgan fingerprint density at radius 1 is 1.25 bits per heavy atom. The van der Waals surface area contributed by atoms with Crippen LogP contribution in [0.4, 0.5) is 5.69 Å². The normalized spacial score (nSPS) is 37.6. The van der Waals surface area contributed by atoms with Crippen LogP contribution >= 0.6 is 0 Å². The molecule has 6 atom stereocenters. The molecule has 0 spiro atoms. The monoisotopic (exact) mass is 438 g/mol. The van der Waals surface area contributed by atoms with Crippen molar-refractivity contribution in [2.24, 2.45) is 23.2 Å². The third-order valence-electron chi connectivity index (χ3n) is 8.89. The first-order valence-corrected chi connectivity index (χ1v) is 12.4. The molecule has 2 heterocycles. The van der Waals surface area contributed by atoms with Crippen LogP contribution in [0.25, 0.3) is 0 Å². The van der Waals surface area contributed by atoms with Crippen LogP contribution in [0.5, 0.6) is 5.75 Å². The molecule has 5 rings (SSSR count). The number of piperazine rings is 1. The number of esters is 1. The minimum absolute atomic E-state index is 0.0130. The summed E-state index contributed by atoms with van der Waals surface area (Å²) in [5.74, 6) is 1.85. The highest BCUT2D eigenvalue weighted by molar-refractivity contribution is 5.75. The Hall–Kier alpha value is -2.01. The van der Waals surface area contributed by atoms with E-state index in [4.69, 9.17) is 9.47 Å². The van der Waals surface area contributed by atoms with Crippen LogP contribution in [-0.2, 0) is 9.53 Å². The summed E-state index contributed by atoms with van der Waals surface area (Å²) in [6.45, 7) is 12.9. The van der Waals surface area contributed by atoms with Gasteiger partial charge in [0.15, 0.2) is 0 Å². The number of methoxy groups -OCH3 is 1. The highest BCUT2D eigenvalue weighted by atomic mass is 16.6. The summed E-state index contributed by atoms with van der Waals surface area (Å²) in [7, 11) is 1.70. The molecule has 0 radical (unpaired) electrons. The lowest BCUT2D eigenvalue weighted by molar-refractivity contribution is -0.146. The van der Waals surface area contributed by atoms with Gasteiger partial charge in [0.05, 0.1) is 13.0 Å². The van der Waals surface area contributed by atoms with E-state index < -0.39 is 0 Å². The summed E-state index contributed by atoms with van der Waals surface area (Å²) in [5.41, 5.74) is 2.92. The van der Waals surface area contributed by atoms with E-state index in [0.29, 0.717) is 17.9 Å². The molecule has 2 saturated carbocycles. The number of allylic oxidation sites excluding steroid dienone is 1. The predicted molar refractivity (Wildman–Crippen MR) is 127 cm³/mol. The highest BCUT2D eigenvalue weighted by Crippen LogP contribution is 2.57. The van der Waals surface area contributed by atoms with Gasteiger partial charge in [-0.25, -0.2) is 0 Å². The number of carbonyl (C=O) groups excluding carboxylic acids is 1. The Kier molecular flexibility index (Phi) is 5.73. The second-order valence-corrected chi connectivity index (χ2v) is 10.9. The van der Waals surface area contributed by atoms with Gasteiger partial charge in [0, 0.05) is 43.8 Å². The molecule has 0 amide bonds. The van der Waals surface area contributed by atoms with Crippen molar-refractivity contribution in [2.45, 2.75) is 58.1 Å². The van der Waals surface area contributed by atoms with E-state index >= 15 is 0 Å². The molecule has 0 aromatic heterocycles. The molecule has 4 aliphatic rings. The zero-order chi connectivity index (χ0) is 22.5. The van der Waals surface area contributed by atoms with Crippen molar-refractivity contribution in [1.29, 1.82) is 0 Å². The van der Waals surface area contributed by atoms with Crippen molar-refractivity contribution in [1.82, 2.24) is 4.90 Å². The van der Waals surface area contributed by atoms with Crippen molar-refractivity contribution in [2.75, 3.05) is 38.2 Å². The van der Waals surface area contributed by atoms with Gasteiger partial charge >= 0.3 is 5.97 Å². The van der Waals surface area contributed by atoms with Crippen LogP contribution in [0, 0.1) is 23.2 Å². The maximum Gasteiger partial charge on any atom is 0.310 e. The van der Waals surface area contributed by atoms with Gasteiger partial charge in [-0.15, -0.1) is 0 Å². The summed E-state index contributed by atoms with van der Waals surface area (Å²) >= 11 is 0. The molecular weight excluding hydrogens is 400 g/mol. The van der Waals surface area contributed by atoms with Gasteiger partial charge in [-0.05, 0) is 74.6 Å². The molecule has 1 aromatic carbocycles. The molecule has 2 aliphatic carbocycles. The third kappa shape index (κ3) is 3.83. The highest BCUT2D eigenvalue weighted by Gasteiger charge is 2.55. The van der Waals surface area contributed by atoms with E-state index in [-0.39, 0.29) is 23.4 Å². The molecular formula is C27H38N2O3. The molecule has 1 aromatic rings. The van der Waals surface area contributed by atoms with Crippen LogP contribution in [0.2, 0.25) is 0 Å². The molecule has 2 aliphatic heterocycles. The van der Waals surface area contributed by atoms with Gasteiger partial charge < -0.3 is 14.4 Å². The Morgan fingerprint density at radius 2 is 2.03 bits per heavy atom. The smallest absolute Gasteiger partial charge is 0.310 e. The van der Waals surface area contributed by atoms with Crippen LogP contribution in [0.3, 0.4) is 0 Å². The maximum absolute atomic E-state index is 12.9. The standard InChI is InChI=1S/C27H38N2O3/c1-18-6-5-11-27(3)15-25-22(14-24(18)27)23(26(30)32-25)17-28-12-13-29(19(2)16-28)20-7-9-21(31-4)10-8-20/h7-10,19,22-25H,1,5-6,11-17H2,2-4H3/t19-,22-,23-,24-,25+,27+/m0/s1. The van der Waals surface area contributed by atoms with E-state index in [1.54, 1.807) is 7.11 Å². The number of ether oxygens (including phenoxy) is 2. The quantitative estimate of drug-likeness (QED) is 0.511. The molecule has 174 valence electrons. The third-order valence-corrected chi connectivity index (χ3v) is 8.89. The number of anilines is 1. The fraction of sp³-hybridized carbons (Fsp3) is 0.667. The maximum atomic E-state index is 12.9. The first-order chi connectivity index (χ1) is 15.4. The van der Waals surface area contributed by atoms with E-state index in [9.17, 15) is 4.79 Å². The van der Waals surface area contributed by atoms with Gasteiger partial charge in [-0.3, -0.25) is 9.69 Å². The number of carbonyl (C=O) groups is 1. The molecule has 5 heteroatoms. The van der Waals surface area contributed by atoms with Gasteiger partial charge in [-0.2, -0.15) is 0 Å². The van der Waals surface area contributed by atoms with Crippen molar-refractivity contribution >= 4 is 11.7 Å². The zero-order valence-electron chi connectivity index (χ0n) is 19.9. The molecule has 0 N–H and O–H groups in total. The Morgan fingerprint density at radius 3 is 2.75 bits per heavy atom. The lowest BCUT2D eigenvalue weighted by Crippen LogP contribution is -2.54. The summed E-state index contributed by atoms with van der Waals surface area (Å²) < 4.78 is 11.3. The van der Waals surface area contributed by atoms with Gasteiger partial charge in [0.1, 0.15) is 11.9 Å². The SMILES string of the molecule is C=C1CCC[C@]2(C)C[C@H]3OC(=O)[C@@H](CN4CCN(c5ccc(OC)cc5)[C@@H](C)C4)[C@@H]3C[C@@H]12. The summed E-state index contributed by atoms with van der Waals surface area (Å²) in [6, 6.07) is 8.73. The number of benzene rings is 1. The first-order valence-electron chi connectivity index (χ1n) is 12.4. The number of nitrogens with zero attached hydrogens (tertiary/aromatic N) is 2. The lowest BCUT2D eigenvalue weighted by atomic mass is 9.55. The van der Waals surface area contributed by atoms with Gasteiger partial charge in [0.25, 0.3) is 0 Å². The van der Waals surface area contributed by atoms with Crippen LogP contribution < -0.4 is 9.64 Å². The topological polar surface area (TPSA) is 42.0 Å². The molecule has 0 unspecified atom stereocenters. The second kappa shape index (κ2) is 8.40. The van der Waals surface area contributed by atoms with Crippen LogP contribution in [-0.4, -0.2) is 56.3 Å². The molecule has 4 fully saturated rings. The summed E-state index contributed by atoms with van der Waals surface area (Å²) in [5, 5.41) is 0. The molecule has 0 bridgehead atoms. The molecule has 5 nitrogen and oxygen atoms in total. The van der Waals surface area contributed by atoms with Crippen LogP contribution in [0.1, 0.15) is 46.0 Å². The van der Waals surface area contributed by atoms with E-state index in [1.165, 1.54) is 24.1 Å². The second-order valence-electron chi connectivity index (χ2n) is 10.9. The van der Waals surface area contributed by atoms with Crippen molar-refractivity contribution < 1.29 is 14.3 Å². The Balaban J connectivity index is 1.24. The zero-order valence-corrected chi connectivity index (χ0v) is 19.9. The van der Waals surface area contributed by atoms with E-state index in [0.717, 1.165) is 51.2 Å². The van der Waals surface area contributed by atoms with Gasteiger partial charge in [-0.1, -0.05) is 19.1 Å². The number of hydrogen-bond acceptors (Lipinski definition) is 5. The van der Waals surface area contributed by atoms with Crippen molar-refractivity contribution in [3.8, 4) is 5.75 Å². The summed E-state index contributed by atoms with van der Waals surface area (Å²) in [4.78, 5) is 17.9. The lowest BCUT2D eigenvalue weighted by Gasteiger charge is -2.50. The predicted octanol–water partition coefficient (Wildman–Crippen LogP) is 4.52. The van der Waals surface area contributed by atoms with Crippen molar-refractivity contribution in [3.05, 3.63) is 36.4 Å². The number of rotatable bonds is 4.